The van der Waals surface area contributed by atoms with Crippen LogP contribution >= 0.6 is 8.51 Å². The molecule has 3 aromatic rings. The lowest BCUT2D eigenvalue weighted by molar-refractivity contribution is -0.518. The van der Waals surface area contributed by atoms with Crippen molar-refractivity contribution >= 4 is 8.51 Å². The highest BCUT2D eigenvalue weighted by Gasteiger charge is 2.18. The van der Waals surface area contributed by atoms with Crippen LogP contribution in [0.5, 0.6) is 0 Å². The smallest absolute Gasteiger partial charge is 0.357 e. The van der Waals surface area contributed by atoms with Crippen molar-refractivity contribution in [2.45, 2.75) is 41.5 Å². The van der Waals surface area contributed by atoms with Crippen molar-refractivity contribution in [3.05, 3.63) is 70.0 Å². The molecular weight excluding hydrogens is 379 g/mol. The van der Waals surface area contributed by atoms with Gasteiger partial charge >= 0.3 is 8.51 Å². The highest BCUT2D eigenvalue weighted by molar-refractivity contribution is 7.17. The lowest BCUT2D eigenvalue weighted by atomic mass is 10.1. The van der Waals surface area contributed by atoms with E-state index < -0.39 is 0 Å². The Labute approximate surface area is 157 Å². The molecule has 1 heterocycles. The molecule has 0 radical (unpaired) electrons. The number of rotatable bonds is 2. The van der Waals surface area contributed by atoms with Crippen LogP contribution in [0, 0.1) is 41.5 Å². The summed E-state index contributed by atoms with van der Waals surface area (Å²) in [7, 11) is 1.16. The van der Waals surface area contributed by atoms with E-state index in [2.05, 4.69) is 86.9 Å². The van der Waals surface area contributed by atoms with Crippen molar-refractivity contribution in [2.75, 3.05) is 0 Å². The zero-order chi connectivity index (χ0) is 16.7. The predicted octanol–water partition coefficient (Wildman–Crippen LogP) is 2.19. The van der Waals surface area contributed by atoms with Gasteiger partial charge in [0, 0.05) is 0 Å². The summed E-state index contributed by atoms with van der Waals surface area (Å²) in [4.78, 5) is 0. The maximum absolute atomic E-state index is 2.32. The zero-order valence-corrected chi connectivity index (χ0v) is 17.7. The maximum Gasteiger partial charge on any atom is 0.357 e. The molecule has 0 aliphatic rings. The molecule has 0 aliphatic heterocycles. The van der Waals surface area contributed by atoms with E-state index in [1.54, 1.807) is 0 Å². The van der Waals surface area contributed by atoms with Gasteiger partial charge in [0.1, 0.15) is 23.8 Å². The molecule has 0 N–H and O–H groups in total. The van der Waals surface area contributed by atoms with Gasteiger partial charge in [-0.25, -0.2) is 0 Å². The molecular formula is C20H24BrN2P. The topological polar surface area (TPSA) is 8.81 Å². The van der Waals surface area contributed by atoms with Crippen LogP contribution in [0.3, 0.4) is 0 Å². The highest BCUT2D eigenvalue weighted by atomic mass is 79.9. The molecule has 126 valence electrons. The molecule has 1 aromatic heterocycles. The van der Waals surface area contributed by atoms with Crippen LogP contribution in [-0.2, 0) is 0 Å². The van der Waals surface area contributed by atoms with Crippen LogP contribution in [0.4, 0.5) is 0 Å². The lowest BCUT2D eigenvalue weighted by Crippen LogP contribution is -3.00. The Bertz CT molecular complexity index is 778. The van der Waals surface area contributed by atoms with Crippen molar-refractivity contribution in [2.24, 2.45) is 0 Å². The first-order valence-electron chi connectivity index (χ1n) is 8.01. The summed E-state index contributed by atoms with van der Waals surface area (Å²) >= 11 is 0. The van der Waals surface area contributed by atoms with Gasteiger partial charge in [0.2, 0.25) is 0 Å². The van der Waals surface area contributed by atoms with E-state index in [1.165, 1.54) is 44.8 Å². The highest BCUT2D eigenvalue weighted by Crippen LogP contribution is 2.25. The molecule has 0 bridgehead atoms. The van der Waals surface area contributed by atoms with Gasteiger partial charge in [-0.2, -0.15) is 8.66 Å². The predicted molar refractivity (Wildman–Crippen MR) is 98.2 cm³/mol. The van der Waals surface area contributed by atoms with Crippen molar-refractivity contribution < 1.29 is 21.3 Å². The Kier molecular flexibility index (Phi) is 5.67. The Morgan fingerprint density at radius 1 is 0.750 bits per heavy atom. The van der Waals surface area contributed by atoms with Gasteiger partial charge in [-0.05, 0) is 63.8 Å². The van der Waals surface area contributed by atoms with Crippen molar-refractivity contribution in [3.63, 3.8) is 0 Å². The van der Waals surface area contributed by atoms with Crippen LogP contribution in [0.2, 0.25) is 0 Å². The number of halogens is 1. The first kappa shape index (κ1) is 18.9. The van der Waals surface area contributed by atoms with E-state index in [1.807, 2.05) is 0 Å². The molecule has 0 amide bonds. The van der Waals surface area contributed by atoms with Crippen LogP contribution < -0.4 is 21.3 Å². The van der Waals surface area contributed by atoms with Crippen LogP contribution in [-0.4, -0.2) is 4.33 Å². The summed E-state index contributed by atoms with van der Waals surface area (Å²) in [6, 6.07) is 9.04. The molecule has 0 spiro atoms. The van der Waals surface area contributed by atoms with Crippen LogP contribution in [0.15, 0.2) is 36.7 Å². The van der Waals surface area contributed by atoms with Crippen LogP contribution in [0.25, 0.3) is 11.4 Å². The van der Waals surface area contributed by atoms with Crippen molar-refractivity contribution in [3.8, 4) is 11.4 Å². The molecule has 0 saturated carbocycles. The fourth-order valence-electron chi connectivity index (χ4n) is 3.60. The molecule has 0 aliphatic carbocycles. The van der Waals surface area contributed by atoms with E-state index in [0.717, 1.165) is 8.51 Å². The molecule has 0 atom stereocenters. The average molecular weight is 403 g/mol. The summed E-state index contributed by atoms with van der Waals surface area (Å²) in [5.74, 6) is 0. The first-order valence-corrected chi connectivity index (χ1v) is 8.81. The van der Waals surface area contributed by atoms with Gasteiger partial charge in [-0.1, -0.05) is 35.4 Å². The number of hydrogen-bond donors (Lipinski definition) is 0. The van der Waals surface area contributed by atoms with Gasteiger partial charge in [0.15, 0.2) is 0 Å². The van der Waals surface area contributed by atoms with Gasteiger partial charge in [-0.3, -0.25) is 0 Å². The van der Waals surface area contributed by atoms with Gasteiger partial charge in [0.05, 0.1) is 0 Å². The van der Waals surface area contributed by atoms with E-state index >= 15 is 0 Å². The number of benzene rings is 2. The minimum atomic E-state index is 0. The van der Waals surface area contributed by atoms with E-state index in [4.69, 9.17) is 0 Å². The van der Waals surface area contributed by atoms with Gasteiger partial charge in [-0.15, -0.1) is 0 Å². The summed E-state index contributed by atoms with van der Waals surface area (Å²) in [5.41, 5.74) is 10.6. The molecule has 2 nitrogen and oxygen atoms in total. The second-order valence-electron chi connectivity index (χ2n) is 6.57. The zero-order valence-electron chi connectivity index (χ0n) is 15.2. The molecule has 2 aromatic carbocycles. The van der Waals surface area contributed by atoms with Crippen molar-refractivity contribution in [1.82, 2.24) is 4.33 Å². The quantitative estimate of drug-likeness (QED) is 0.621. The summed E-state index contributed by atoms with van der Waals surface area (Å²) in [6.45, 7) is 13.1. The summed E-state index contributed by atoms with van der Waals surface area (Å²) in [5, 5.41) is 0. The summed E-state index contributed by atoms with van der Waals surface area (Å²) < 4.78 is 4.64. The Hall–Kier alpha value is -1.44. The third-order valence-electron chi connectivity index (χ3n) is 4.27. The number of nitrogens with zero attached hydrogens (tertiary/aromatic N) is 2. The monoisotopic (exact) mass is 402 g/mol. The second-order valence-corrected chi connectivity index (χ2v) is 7.61. The Morgan fingerprint density at radius 2 is 1.21 bits per heavy atom. The molecule has 4 heteroatoms. The van der Waals surface area contributed by atoms with Gasteiger partial charge < -0.3 is 17.0 Å². The Morgan fingerprint density at radius 3 is 1.71 bits per heavy atom. The number of hydrogen-bond acceptors (Lipinski definition) is 0. The third kappa shape index (κ3) is 3.48. The molecule has 0 unspecified atom stereocenters. The van der Waals surface area contributed by atoms with E-state index in [9.17, 15) is 0 Å². The standard InChI is InChI=1S/C20H24N2P.BrH/c1-13-9-15(3)19(16(4)10-13)21-7-8-22(23-21)20-17(5)11-14(2)12-18(20)6;/h7-12H,1-6H3;1H/q+1;/p-1. The number of aromatic nitrogens is 2. The molecule has 0 saturated heterocycles. The van der Waals surface area contributed by atoms with E-state index in [0.29, 0.717) is 0 Å². The SMILES string of the molecule is Cc1cc(C)c(-n2cc[n+](-c3c(C)cc(C)cc3C)p2)c(C)c1.[Br-]. The van der Waals surface area contributed by atoms with E-state index in [-0.39, 0.29) is 17.0 Å². The molecule has 0 fully saturated rings. The summed E-state index contributed by atoms with van der Waals surface area (Å²) in [6.07, 6.45) is 4.37. The fraction of sp³-hybridized carbons (Fsp3) is 0.300. The second kappa shape index (κ2) is 7.21. The minimum absolute atomic E-state index is 0. The lowest BCUT2D eigenvalue weighted by Gasteiger charge is -2.07. The van der Waals surface area contributed by atoms with Gasteiger partial charge in [0.25, 0.3) is 0 Å². The maximum atomic E-state index is 2.32. The molecule has 3 rings (SSSR count). The molecule has 24 heavy (non-hydrogen) atoms. The first-order chi connectivity index (χ1) is 10.9. The third-order valence-corrected chi connectivity index (χ3v) is 5.32. The fourth-order valence-corrected chi connectivity index (χ4v) is 4.85. The van der Waals surface area contributed by atoms with Crippen LogP contribution in [0.1, 0.15) is 33.4 Å². The largest absolute Gasteiger partial charge is 1.00 e. The number of aryl methyl sites for hydroxylation is 6. The normalized spacial score (nSPS) is 10.9. The average Bonchev–Trinajstić information content (AvgIpc) is 2.85. The van der Waals surface area contributed by atoms with Crippen molar-refractivity contribution in [1.29, 1.82) is 0 Å². The minimum Gasteiger partial charge on any atom is -1.00 e. The Balaban J connectivity index is 0.00000208.